The van der Waals surface area contributed by atoms with Gasteiger partial charge in [-0.3, -0.25) is 0 Å². The van der Waals surface area contributed by atoms with Gasteiger partial charge in [0.1, 0.15) is 0 Å². The summed E-state index contributed by atoms with van der Waals surface area (Å²) in [4.78, 5) is 0. The van der Waals surface area contributed by atoms with E-state index in [0.29, 0.717) is 12.6 Å². The Morgan fingerprint density at radius 1 is 1.33 bits per heavy atom. The summed E-state index contributed by atoms with van der Waals surface area (Å²) < 4.78 is 26.2. The zero-order valence-corrected chi connectivity index (χ0v) is 10.6. The first-order valence-corrected chi connectivity index (χ1v) is 7.25. The molecule has 1 aliphatic carbocycles. The second-order valence-electron chi connectivity index (χ2n) is 4.47. The zero-order valence-electron chi connectivity index (χ0n) is 9.79. The van der Waals surface area contributed by atoms with Crippen molar-refractivity contribution in [1.82, 2.24) is 10.0 Å². The Hall–Kier alpha value is -0.130. The van der Waals surface area contributed by atoms with Gasteiger partial charge in [-0.15, -0.1) is 0 Å². The van der Waals surface area contributed by atoms with Crippen LogP contribution in [-0.2, 0) is 10.0 Å². The van der Waals surface area contributed by atoms with E-state index in [0.717, 1.165) is 6.42 Å². The van der Waals surface area contributed by atoms with Crippen molar-refractivity contribution in [3.05, 3.63) is 0 Å². The molecule has 2 atom stereocenters. The van der Waals surface area contributed by atoms with Crippen LogP contribution in [0.25, 0.3) is 0 Å². The summed E-state index contributed by atoms with van der Waals surface area (Å²) >= 11 is 0. The summed E-state index contributed by atoms with van der Waals surface area (Å²) in [5, 5.41) is 2.88. The normalized spacial score (nSPS) is 21.3. The Balaban J connectivity index is 2.36. The fourth-order valence-electron chi connectivity index (χ4n) is 1.21. The van der Waals surface area contributed by atoms with E-state index in [4.69, 9.17) is 0 Å². The number of hydrogen-bond acceptors (Lipinski definition) is 3. The smallest absolute Gasteiger partial charge is 0.215 e. The summed E-state index contributed by atoms with van der Waals surface area (Å²) in [6.45, 7) is 6.16. The highest BCUT2D eigenvalue weighted by atomic mass is 32.2. The minimum absolute atomic E-state index is 0.0263. The first-order valence-electron chi connectivity index (χ1n) is 5.70. The average molecular weight is 234 g/mol. The maximum Gasteiger partial charge on any atom is 0.215 e. The van der Waals surface area contributed by atoms with Crippen molar-refractivity contribution in [2.45, 2.75) is 57.4 Å². The first kappa shape index (κ1) is 12.9. The molecule has 0 aliphatic heterocycles. The Labute approximate surface area is 92.9 Å². The van der Waals surface area contributed by atoms with Gasteiger partial charge in [0, 0.05) is 18.6 Å². The van der Waals surface area contributed by atoms with Crippen LogP contribution in [0, 0.1) is 0 Å². The highest BCUT2D eigenvalue weighted by molar-refractivity contribution is 7.90. The molecule has 0 aromatic rings. The highest BCUT2D eigenvalue weighted by Gasteiger charge is 2.26. The van der Waals surface area contributed by atoms with Crippen LogP contribution in [0.4, 0.5) is 0 Å². The van der Waals surface area contributed by atoms with Crippen LogP contribution < -0.4 is 10.0 Å². The number of hydrogen-bond donors (Lipinski definition) is 2. The molecule has 1 fully saturated rings. The van der Waals surface area contributed by atoms with Gasteiger partial charge >= 0.3 is 0 Å². The summed E-state index contributed by atoms with van der Waals surface area (Å²) in [5.41, 5.74) is 0. The zero-order chi connectivity index (χ0) is 11.5. The summed E-state index contributed by atoms with van der Waals surface area (Å²) in [7, 11) is -3.15. The van der Waals surface area contributed by atoms with Crippen LogP contribution in [-0.4, -0.2) is 32.3 Å². The predicted octanol–water partition coefficient (Wildman–Crippen LogP) is 0.845. The topological polar surface area (TPSA) is 58.2 Å². The van der Waals surface area contributed by atoms with E-state index in [1.807, 2.05) is 13.8 Å². The van der Waals surface area contributed by atoms with Gasteiger partial charge in [-0.05, 0) is 33.1 Å². The van der Waals surface area contributed by atoms with Crippen LogP contribution in [0.3, 0.4) is 0 Å². The molecule has 0 spiro atoms. The molecule has 15 heavy (non-hydrogen) atoms. The van der Waals surface area contributed by atoms with E-state index in [9.17, 15) is 8.42 Å². The third kappa shape index (κ3) is 4.49. The van der Waals surface area contributed by atoms with E-state index < -0.39 is 10.0 Å². The van der Waals surface area contributed by atoms with Crippen molar-refractivity contribution >= 4 is 10.0 Å². The van der Waals surface area contributed by atoms with Crippen molar-refractivity contribution in [3.63, 3.8) is 0 Å². The Bertz CT molecular complexity index is 286. The molecule has 1 aliphatic rings. The lowest BCUT2D eigenvalue weighted by Crippen LogP contribution is -2.42. The Morgan fingerprint density at radius 2 is 1.93 bits per heavy atom. The molecule has 0 aromatic heterocycles. The van der Waals surface area contributed by atoms with Gasteiger partial charge in [0.25, 0.3) is 0 Å². The molecular weight excluding hydrogens is 212 g/mol. The molecule has 2 unspecified atom stereocenters. The van der Waals surface area contributed by atoms with Gasteiger partial charge in [-0.2, -0.15) is 0 Å². The predicted molar refractivity (Wildman–Crippen MR) is 62.3 cm³/mol. The molecule has 0 bridgehead atoms. The van der Waals surface area contributed by atoms with E-state index >= 15 is 0 Å². The van der Waals surface area contributed by atoms with E-state index in [2.05, 4.69) is 10.0 Å². The van der Waals surface area contributed by atoms with Crippen LogP contribution in [0.1, 0.15) is 40.0 Å². The SMILES string of the molecule is CCC(C)NS(=O)(=O)C(C)CNC1CC1. The maximum absolute atomic E-state index is 11.8. The minimum Gasteiger partial charge on any atom is -0.313 e. The molecular formula is C10H22N2O2S. The van der Waals surface area contributed by atoms with Crippen LogP contribution in [0.5, 0.6) is 0 Å². The van der Waals surface area contributed by atoms with Crippen molar-refractivity contribution in [1.29, 1.82) is 0 Å². The van der Waals surface area contributed by atoms with Gasteiger partial charge in [0.15, 0.2) is 0 Å². The monoisotopic (exact) mass is 234 g/mol. The quantitative estimate of drug-likeness (QED) is 0.686. The minimum atomic E-state index is -3.15. The lowest BCUT2D eigenvalue weighted by Gasteiger charge is -2.17. The van der Waals surface area contributed by atoms with E-state index in [1.54, 1.807) is 6.92 Å². The summed E-state index contributed by atoms with van der Waals surface area (Å²) in [6.07, 6.45) is 3.19. The van der Waals surface area contributed by atoms with Crippen LogP contribution in [0.2, 0.25) is 0 Å². The van der Waals surface area contributed by atoms with Gasteiger partial charge in [0.05, 0.1) is 5.25 Å². The Kier molecular flexibility index (Phi) is 4.55. The van der Waals surface area contributed by atoms with Crippen LogP contribution in [0.15, 0.2) is 0 Å². The number of rotatable bonds is 7. The fourth-order valence-corrected chi connectivity index (χ4v) is 2.49. The lowest BCUT2D eigenvalue weighted by atomic mass is 10.3. The second kappa shape index (κ2) is 5.27. The third-order valence-corrected chi connectivity index (χ3v) is 4.74. The van der Waals surface area contributed by atoms with Gasteiger partial charge < -0.3 is 5.32 Å². The molecule has 2 N–H and O–H groups in total. The molecule has 5 heteroatoms. The van der Waals surface area contributed by atoms with E-state index in [-0.39, 0.29) is 11.3 Å². The van der Waals surface area contributed by atoms with Crippen molar-refractivity contribution in [2.75, 3.05) is 6.54 Å². The Morgan fingerprint density at radius 3 is 2.40 bits per heavy atom. The van der Waals surface area contributed by atoms with Crippen molar-refractivity contribution < 1.29 is 8.42 Å². The molecule has 0 saturated heterocycles. The molecule has 90 valence electrons. The van der Waals surface area contributed by atoms with E-state index in [1.165, 1.54) is 12.8 Å². The third-order valence-electron chi connectivity index (χ3n) is 2.78. The van der Waals surface area contributed by atoms with Gasteiger partial charge in [0.2, 0.25) is 10.0 Å². The molecule has 1 saturated carbocycles. The van der Waals surface area contributed by atoms with Crippen molar-refractivity contribution in [3.8, 4) is 0 Å². The molecule has 0 aromatic carbocycles. The fraction of sp³-hybridized carbons (Fsp3) is 1.00. The standard InChI is InChI=1S/C10H22N2O2S/c1-4-8(2)12-15(13,14)9(3)7-11-10-5-6-10/h8-12H,4-7H2,1-3H3. The number of nitrogens with one attached hydrogen (secondary N) is 2. The summed E-state index contributed by atoms with van der Waals surface area (Å²) in [6, 6.07) is 0.588. The molecule has 0 heterocycles. The van der Waals surface area contributed by atoms with Gasteiger partial charge in [-0.1, -0.05) is 6.92 Å². The second-order valence-corrected chi connectivity index (χ2v) is 6.60. The molecule has 0 amide bonds. The molecule has 1 rings (SSSR count). The average Bonchev–Trinajstić information content (AvgIpc) is 2.96. The first-order chi connectivity index (χ1) is 6.95. The molecule has 4 nitrogen and oxygen atoms in total. The van der Waals surface area contributed by atoms with Gasteiger partial charge in [-0.25, -0.2) is 13.1 Å². The number of sulfonamides is 1. The maximum atomic E-state index is 11.8. The summed E-state index contributed by atoms with van der Waals surface area (Å²) in [5.74, 6) is 0. The van der Waals surface area contributed by atoms with Crippen molar-refractivity contribution in [2.24, 2.45) is 0 Å². The molecule has 0 radical (unpaired) electrons. The lowest BCUT2D eigenvalue weighted by molar-refractivity contribution is 0.536. The highest BCUT2D eigenvalue weighted by Crippen LogP contribution is 2.18. The van der Waals surface area contributed by atoms with Crippen LogP contribution >= 0.6 is 0 Å². The largest absolute Gasteiger partial charge is 0.313 e.